The first-order chi connectivity index (χ1) is 32.5. The van der Waals surface area contributed by atoms with Crippen molar-refractivity contribution >= 4 is 55.5 Å². The number of carbonyl (C=O) groups excluding carboxylic acids is 2. The van der Waals surface area contributed by atoms with Crippen molar-refractivity contribution in [2.45, 2.75) is 67.5 Å². The first kappa shape index (κ1) is 51.4. The molecule has 1 saturated heterocycles. The zero-order valence-corrected chi connectivity index (χ0v) is 38.1. The third-order valence-corrected chi connectivity index (χ3v) is 11.6. The van der Waals surface area contributed by atoms with E-state index < -0.39 is 65.2 Å². The van der Waals surface area contributed by atoms with E-state index in [1.807, 2.05) is 43.3 Å². The lowest BCUT2D eigenvalue weighted by atomic mass is 9.99. The lowest BCUT2D eigenvalue weighted by Gasteiger charge is -2.42. The van der Waals surface area contributed by atoms with E-state index in [1.165, 1.54) is 22.9 Å². The van der Waals surface area contributed by atoms with Crippen molar-refractivity contribution in [2.24, 2.45) is 10.2 Å². The molecule has 7 atom stereocenters. The van der Waals surface area contributed by atoms with Gasteiger partial charge in [-0.3, -0.25) is 14.1 Å². The second kappa shape index (κ2) is 23.3. The van der Waals surface area contributed by atoms with Crippen LogP contribution in [0.1, 0.15) is 23.0 Å². The molecule has 0 saturated carbocycles. The van der Waals surface area contributed by atoms with Gasteiger partial charge in [0.15, 0.2) is 18.2 Å². The predicted octanol–water partition coefficient (Wildman–Crippen LogP) is 1.24. The number of aliphatic hydroxyl groups excluding tert-OH is 4. The standard InChI is InChI=1S/C44H55N9O14S/c1-44(60,42(59)46-19-18-45-34-8-4-7-33-32(34)6-5-9-36(33)68(61,62)63)43(67-41-39(57)38(56)37(55)35(26-54)66-41)65-23-22-64-21-20-53-25-30(50-51-53)24-47-40(58)27-10-12-28(13-11-27)48-49-29-14-16-31(17-15-29)52(2)3/h4-17,25,35,37-39,41,43,45,54-57,60H,18-24,26H2,1-3H3,(H,46,59)(H,47,58)(H,61,62,63)/t35-,37+,38+,39-,41+,43-,44?/m1/s1. The number of anilines is 2. The monoisotopic (exact) mass is 965 g/mol. The minimum atomic E-state index is -4.50. The number of fused-ring (bicyclic) bond motifs is 1. The molecule has 1 aliphatic heterocycles. The van der Waals surface area contributed by atoms with Gasteiger partial charge in [-0.05, 0) is 67.6 Å². The van der Waals surface area contributed by atoms with E-state index in [1.54, 1.807) is 48.7 Å². The van der Waals surface area contributed by atoms with Gasteiger partial charge in [0, 0.05) is 54.9 Å². The third kappa shape index (κ3) is 13.4. The fraction of sp³-hybridized carbons (Fsp3) is 0.409. The van der Waals surface area contributed by atoms with E-state index in [2.05, 4.69) is 36.5 Å². The molecule has 1 fully saturated rings. The van der Waals surface area contributed by atoms with Crippen LogP contribution in [0, 0.1) is 0 Å². The molecule has 23 nitrogen and oxygen atoms in total. The van der Waals surface area contributed by atoms with Crippen LogP contribution in [0.15, 0.2) is 106 Å². The number of rotatable bonds is 23. The van der Waals surface area contributed by atoms with E-state index >= 15 is 0 Å². The van der Waals surface area contributed by atoms with Crippen molar-refractivity contribution in [3.05, 3.63) is 102 Å². The van der Waals surface area contributed by atoms with E-state index in [9.17, 15) is 48.1 Å². The van der Waals surface area contributed by atoms with Crippen LogP contribution in [0.5, 0.6) is 0 Å². The molecule has 24 heteroatoms. The number of nitrogens with one attached hydrogen (secondary N) is 3. The number of amides is 2. The lowest BCUT2D eigenvalue weighted by molar-refractivity contribution is -0.355. The summed E-state index contributed by atoms with van der Waals surface area (Å²) in [6.07, 6.45) is -8.78. The Kier molecular flexibility index (Phi) is 17.6. The first-order valence-electron chi connectivity index (χ1n) is 21.3. The molecule has 0 aliphatic carbocycles. The predicted molar refractivity (Wildman–Crippen MR) is 244 cm³/mol. The average molecular weight is 966 g/mol. The molecule has 0 spiro atoms. The first-order valence-corrected chi connectivity index (χ1v) is 22.8. The molecule has 6 rings (SSSR count). The van der Waals surface area contributed by atoms with Gasteiger partial charge in [0.2, 0.25) is 0 Å². The summed E-state index contributed by atoms with van der Waals surface area (Å²) < 4.78 is 57.5. The van der Waals surface area contributed by atoms with Gasteiger partial charge >= 0.3 is 0 Å². The summed E-state index contributed by atoms with van der Waals surface area (Å²) in [7, 11) is -0.598. The fourth-order valence-corrected chi connectivity index (χ4v) is 7.55. The number of nitrogens with zero attached hydrogens (tertiary/aromatic N) is 6. The van der Waals surface area contributed by atoms with Crippen LogP contribution in [0.3, 0.4) is 0 Å². The molecular weight excluding hydrogens is 911 g/mol. The van der Waals surface area contributed by atoms with E-state index in [4.69, 9.17) is 18.9 Å². The van der Waals surface area contributed by atoms with Gasteiger partial charge in [-0.15, -0.1) is 5.10 Å². The summed E-state index contributed by atoms with van der Waals surface area (Å²) in [6.45, 7) is 0.412. The van der Waals surface area contributed by atoms with Gasteiger partial charge in [-0.1, -0.05) is 29.5 Å². The van der Waals surface area contributed by atoms with E-state index in [0.29, 0.717) is 33.7 Å². The minimum absolute atomic E-state index is 0.0774. The molecular formula is C44H55N9O14S. The summed E-state index contributed by atoms with van der Waals surface area (Å²) in [4.78, 5) is 28.0. The summed E-state index contributed by atoms with van der Waals surface area (Å²) in [6, 6.07) is 23.4. The Morgan fingerprint density at radius 3 is 2.24 bits per heavy atom. The summed E-state index contributed by atoms with van der Waals surface area (Å²) >= 11 is 0. The topological polar surface area (TPSA) is 321 Å². The largest absolute Gasteiger partial charge is 0.394 e. The molecule has 4 aromatic carbocycles. The van der Waals surface area contributed by atoms with Crippen LogP contribution in [-0.2, 0) is 46.9 Å². The molecule has 0 radical (unpaired) electrons. The highest BCUT2D eigenvalue weighted by molar-refractivity contribution is 7.86. The number of hydrogen-bond donors (Lipinski definition) is 9. The number of aliphatic hydroxyl groups is 5. The number of benzene rings is 4. The maximum Gasteiger partial charge on any atom is 0.295 e. The highest BCUT2D eigenvalue weighted by Crippen LogP contribution is 2.30. The maximum atomic E-state index is 13.4. The number of aromatic nitrogens is 3. The molecule has 0 bridgehead atoms. The quantitative estimate of drug-likeness (QED) is 0.0192. The normalized spacial score (nSPS) is 19.9. The average Bonchev–Trinajstić information content (AvgIpc) is 3.79. The molecule has 2 heterocycles. The Morgan fingerprint density at radius 2 is 1.56 bits per heavy atom. The van der Waals surface area contributed by atoms with Crippen LogP contribution in [0.2, 0.25) is 0 Å². The summed E-state index contributed by atoms with van der Waals surface area (Å²) in [5.74, 6) is -1.32. The van der Waals surface area contributed by atoms with Crippen molar-refractivity contribution in [3.63, 3.8) is 0 Å². The van der Waals surface area contributed by atoms with Crippen molar-refractivity contribution in [2.75, 3.05) is 63.8 Å². The van der Waals surface area contributed by atoms with Crippen LogP contribution >= 0.6 is 0 Å². The molecule has 1 unspecified atom stereocenters. The van der Waals surface area contributed by atoms with Gasteiger partial charge in [0.1, 0.15) is 35.0 Å². The van der Waals surface area contributed by atoms with Crippen molar-refractivity contribution in [3.8, 4) is 0 Å². The van der Waals surface area contributed by atoms with E-state index in [-0.39, 0.29) is 62.2 Å². The zero-order valence-electron chi connectivity index (χ0n) is 37.3. The van der Waals surface area contributed by atoms with Crippen LogP contribution in [0.25, 0.3) is 10.8 Å². The fourth-order valence-electron chi connectivity index (χ4n) is 6.84. The number of carbonyl (C=O) groups is 2. The van der Waals surface area contributed by atoms with Gasteiger partial charge in [0.25, 0.3) is 21.9 Å². The molecule has 68 heavy (non-hydrogen) atoms. The summed E-state index contributed by atoms with van der Waals surface area (Å²) in [5.41, 5.74) is 1.23. The summed E-state index contributed by atoms with van der Waals surface area (Å²) in [5, 5.41) is 78.2. The molecule has 5 aromatic rings. The van der Waals surface area contributed by atoms with Gasteiger partial charge in [-0.2, -0.15) is 18.6 Å². The molecule has 366 valence electrons. The van der Waals surface area contributed by atoms with Crippen molar-refractivity contribution in [1.82, 2.24) is 25.6 Å². The van der Waals surface area contributed by atoms with Crippen LogP contribution in [0.4, 0.5) is 22.7 Å². The zero-order chi connectivity index (χ0) is 49.0. The molecule has 9 N–H and O–H groups in total. The second-order valence-corrected chi connectivity index (χ2v) is 17.3. The van der Waals surface area contributed by atoms with Crippen LogP contribution < -0.4 is 20.9 Å². The van der Waals surface area contributed by atoms with Gasteiger partial charge in [-0.25, -0.2) is 4.68 Å². The van der Waals surface area contributed by atoms with Gasteiger partial charge in [0.05, 0.1) is 57.1 Å². The van der Waals surface area contributed by atoms with E-state index in [0.717, 1.165) is 12.6 Å². The Morgan fingerprint density at radius 1 is 0.882 bits per heavy atom. The molecule has 2 amide bonds. The number of azo groups is 1. The number of ether oxygens (including phenoxy) is 4. The Labute approximate surface area is 391 Å². The SMILES string of the molecule is CN(C)c1ccc(N=Nc2ccc(C(=O)NCc3cn(CCOCCO[C@H](O[C@@H]4O[C@H](CO)[C@H](O)[C@H](O)[C@H]4O)C(C)(O)C(=O)NCCNc4cccc5c(S(=O)(=O)O)cccc45)nn3)cc2)cc1. The molecule has 1 aromatic heterocycles. The minimum Gasteiger partial charge on any atom is -0.394 e. The van der Waals surface area contributed by atoms with Gasteiger partial charge < -0.3 is 65.3 Å². The van der Waals surface area contributed by atoms with Crippen molar-refractivity contribution < 1.29 is 67.0 Å². The third-order valence-electron chi connectivity index (χ3n) is 10.7. The Balaban J connectivity index is 0.968. The maximum absolute atomic E-state index is 13.4. The highest BCUT2D eigenvalue weighted by Gasteiger charge is 2.49. The molecule has 1 aliphatic rings. The van der Waals surface area contributed by atoms with Crippen LogP contribution in [-0.4, -0.2) is 162 Å². The Bertz CT molecular complexity index is 2600. The Hall–Kier alpha value is -6.03. The second-order valence-electron chi connectivity index (χ2n) is 15.9. The highest BCUT2D eigenvalue weighted by atomic mass is 32.2. The van der Waals surface area contributed by atoms with Crippen molar-refractivity contribution in [1.29, 1.82) is 0 Å². The number of hydrogen-bond acceptors (Lipinski definition) is 19. The lowest BCUT2D eigenvalue weighted by Crippen LogP contribution is -2.62. The smallest absolute Gasteiger partial charge is 0.295 e.